The molecule has 5 amide bonds. The molecule has 0 unspecified atom stereocenters. The number of nitrogens with zero attached hydrogens (tertiary/aromatic N) is 3. The van der Waals surface area contributed by atoms with Crippen molar-refractivity contribution in [2.75, 3.05) is 20.1 Å². The van der Waals surface area contributed by atoms with Gasteiger partial charge in [0, 0.05) is 50.2 Å². The van der Waals surface area contributed by atoms with Gasteiger partial charge in [0.2, 0.25) is 17.7 Å². The number of rotatable bonds is 17. The molecule has 2 aliphatic rings. The zero-order chi connectivity index (χ0) is 37.2. The second kappa shape index (κ2) is 18.2. The van der Waals surface area contributed by atoms with E-state index in [1.807, 2.05) is 34.6 Å². The third-order valence-corrected chi connectivity index (χ3v) is 9.22. The van der Waals surface area contributed by atoms with Crippen LogP contribution in [0.25, 0.3) is 0 Å². The molecule has 0 saturated carbocycles. The number of imide groups is 1. The molecule has 0 bridgehead atoms. The molecule has 0 spiro atoms. The summed E-state index contributed by atoms with van der Waals surface area (Å²) in [6.45, 7) is 16.1. The SMILES string of the molecule is C/C(=C\[C@H](C(C)C)N(C)C(=O)[C@@H](NC(=O)[C@H]1CCCCN1C(C)C)C(C)(C)C)C(=O)N[C@H](CCC(=O)CCCN1C(=O)C=CC1=O)C(=O)O. The number of carbonyl (C=O) groups is 7. The van der Waals surface area contributed by atoms with E-state index in [-0.39, 0.29) is 73.4 Å². The van der Waals surface area contributed by atoms with Crippen LogP contribution < -0.4 is 10.6 Å². The van der Waals surface area contributed by atoms with E-state index in [0.29, 0.717) is 0 Å². The Morgan fingerprint density at radius 2 is 1.61 bits per heavy atom. The number of carbonyl (C=O) groups excluding carboxylic acids is 6. The summed E-state index contributed by atoms with van der Waals surface area (Å²) in [6.07, 6.45) is 6.72. The van der Waals surface area contributed by atoms with Crippen molar-refractivity contribution in [3.8, 4) is 0 Å². The highest BCUT2D eigenvalue weighted by molar-refractivity contribution is 6.12. The van der Waals surface area contributed by atoms with E-state index in [0.717, 1.165) is 30.7 Å². The number of likely N-dealkylation sites (tertiary alicyclic amines) is 1. The van der Waals surface area contributed by atoms with Gasteiger partial charge < -0.3 is 20.6 Å². The number of Topliss-reactive ketones (excluding diaryl/α,β-unsaturated/α-hetero) is 1. The van der Waals surface area contributed by atoms with Crippen molar-refractivity contribution >= 4 is 41.3 Å². The molecule has 4 atom stereocenters. The van der Waals surface area contributed by atoms with Gasteiger partial charge in [-0.1, -0.05) is 47.1 Å². The van der Waals surface area contributed by atoms with Gasteiger partial charge in [-0.05, 0) is 64.3 Å². The van der Waals surface area contributed by atoms with Gasteiger partial charge in [-0.25, -0.2) is 4.79 Å². The average molecular weight is 688 g/mol. The number of piperidine rings is 1. The first-order chi connectivity index (χ1) is 22.8. The minimum Gasteiger partial charge on any atom is -0.480 e. The molecule has 13 heteroatoms. The summed E-state index contributed by atoms with van der Waals surface area (Å²) in [5.41, 5.74) is -0.404. The minimum absolute atomic E-state index is 0.0549. The summed E-state index contributed by atoms with van der Waals surface area (Å²) >= 11 is 0. The molecule has 2 rings (SSSR count). The first-order valence-electron chi connectivity index (χ1n) is 17.4. The highest BCUT2D eigenvalue weighted by atomic mass is 16.4. The Morgan fingerprint density at radius 1 is 1.00 bits per heavy atom. The van der Waals surface area contributed by atoms with Gasteiger partial charge >= 0.3 is 5.97 Å². The number of carboxylic acid groups (broad SMARTS) is 1. The summed E-state index contributed by atoms with van der Waals surface area (Å²) in [5.74, 6) is -3.65. The third kappa shape index (κ3) is 11.9. The summed E-state index contributed by atoms with van der Waals surface area (Å²) in [7, 11) is 1.64. The van der Waals surface area contributed by atoms with Crippen molar-refractivity contribution in [1.82, 2.24) is 25.3 Å². The lowest BCUT2D eigenvalue weighted by atomic mass is 9.84. The number of ketones is 1. The normalized spacial score (nSPS) is 19.2. The van der Waals surface area contributed by atoms with E-state index in [1.54, 1.807) is 13.1 Å². The van der Waals surface area contributed by atoms with Gasteiger partial charge in [0.15, 0.2) is 0 Å². The molecule has 0 aromatic heterocycles. The van der Waals surface area contributed by atoms with E-state index in [1.165, 1.54) is 24.0 Å². The lowest BCUT2D eigenvalue weighted by Gasteiger charge is -2.41. The minimum atomic E-state index is -1.33. The quantitative estimate of drug-likeness (QED) is 0.154. The van der Waals surface area contributed by atoms with E-state index in [2.05, 4.69) is 29.4 Å². The fourth-order valence-electron chi connectivity index (χ4n) is 6.22. The highest BCUT2D eigenvalue weighted by Gasteiger charge is 2.40. The number of carboxylic acids is 1. The van der Waals surface area contributed by atoms with Crippen molar-refractivity contribution in [3.05, 3.63) is 23.8 Å². The van der Waals surface area contributed by atoms with Crippen LogP contribution in [-0.2, 0) is 33.6 Å². The Morgan fingerprint density at radius 3 is 2.14 bits per heavy atom. The molecular weight excluding hydrogens is 630 g/mol. The molecule has 0 aromatic rings. The van der Waals surface area contributed by atoms with E-state index < -0.39 is 47.2 Å². The summed E-state index contributed by atoms with van der Waals surface area (Å²) in [5, 5.41) is 15.3. The van der Waals surface area contributed by atoms with Crippen molar-refractivity contribution in [2.24, 2.45) is 11.3 Å². The Balaban J connectivity index is 2.08. The Bertz CT molecular complexity index is 1300. The molecule has 1 saturated heterocycles. The van der Waals surface area contributed by atoms with Crippen molar-refractivity contribution in [2.45, 2.75) is 131 Å². The second-order valence-electron chi connectivity index (χ2n) is 14.9. The Kier molecular flexibility index (Phi) is 15.4. The summed E-state index contributed by atoms with van der Waals surface area (Å²) in [4.78, 5) is 93.2. The molecule has 274 valence electrons. The molecule has 0 aliphatic carbocycles. The molecule has 2 heterocycles. The van der Waals surface area contributed by atoms with Crippen molar-refractivity contribution in [1.29, 1.82) is 0 Å². The number of likely N-dealkylation sites (N-methyl/N-ethyl adjacent to an activating group) is 1. The van der Waals surface area contributed by atoms with Crippen molar-refractivity contribution in [3.63, 3.8) is 0 Å². The zero-order valence-corrected chi connectivity index (χ0v) is 30.7. The molecular formula is C36H57N5O8. The van der Waals surface area contributed by atoms with Gasteiger partial charge in [-0.2, -0.15) is 0 Å². The van der Waals surface area contributed by atoms with E-state index >= 15 is 0 Å². The number of hydrogen-bond acceptors (Lipinski definition) is 8. The lowest BCUT2D eigenvalue weighted by molar-refractivity contribution is -0.142. The highest BCUT2D eigenvalue weighted by Crippen LogP contribution is 2.26. The molecule has 2 aliphatic heterocycles. The van der Waals surface area contributed by atoms with Gasteiger partial charge in [0.1, 0.15) is 17.9 Å². The smallest absolute Gasteiger partial charge is 0.326 e. The van der Waals surface area contributed by atoms with Gasteiger partial charge in [0.05, 0.1) is 12.1 Å². The monoisotopic (exact) mass is 687 g/mol. The van der Waals surface area contributed by atoms with Crippen LogP contribution in [0, 0.1) is 11.3 Å². The van der Waals surface area contributed by atoms with Crippen LogP contribution >= 0.6 is 0 Å². The first-order valence-corrected chi connectivity index (χ1v) is 17.4. The van der Waals surface area contributed by atoms with Crippen LogP contribution in [0.1, 0.15) is 100 Å². The van der Waals surface area contributed by atoms with Crippen LogP contribution in [0.3, 0.4) is 0 Å². The number of amides is 5. The maximum absolute atomic E-state index is 14.0. The van der Waals surface area contributed by atoms with Gasteiger partial charge in [-0.15, -0.1) is 0 Å². The van der Waals surface area contributed by atoms with Crippen LogP contribution in [0.15, 0.2) is 23.8 Å². The van der Waals surface area contributed by atoms with Gasteiger partial charge in [0.25, 0.3) is 11.8 Å². The first kappa shape index (κ1) is 41.3. The van der Waals surface area contributed by atoms with Crippen LogP contribution in [0.5, 0.6) is 0 Å². The molecule has 13 nitrogen and oxygen atoms in total. The fourth-order valence-corrected chi connectivity index (χ4v) is 6.22. The van der Waals surface area contributed by atoms with Crippen LogP contribution in [0.2, 0.25) is 0 Å². The largest absolute Gasteiger partial charge is 0.480 e. The standard InChI is InChI=1S/C36H57N5O8/c1-22(2)28(39(9)34(47)31(36(6,7)8)38-33(46)27-14-10-11-19-40(27)23(3)4)21-24(5)32(45)37-26(35(48)49)16-15-25(42)13-12-20-41-29(43)17-18-30(41)44/h17-18,21-23,26-28,31H,10-16,19-20H2,1-9H3,(H,37,45)(H,38,46)(H,48,49)/b24-21+/t26-,27-,28-,31-/m1/s1. The third-order valence-electron chi connectivity index (χ3n) is 9.22. The maximum Gasteiger partial charge on any atom is 0.326 e. The summed E-state index contributed by atoms with van der Waals surface area (Å²) in [6, 6.07) is -2.82. The second-order valence-corrected chi connectivity index (χ2v) is 14.9. The van der Waals surface area contributed by atoms with Gasteiger partial charge in [-0.3, -0.25) is 38.6 Å². The number of aliphatic carboxylic acids is 1. The summed E-state index contributed by atoms with van der Waals surface area (Å²) < 4.78 is 0. The van der Waals surface area contributed by atoms with Crippen LogP contribution in [-0.4, -0.2) is 111 Å². The Labute approximate surface area is 290 Å². The fraction of sp³-hybridized carbons (Fsp3) is 0.694. The van der Waals surface area contributed by atoms with E-state index in [4.69, 9.17) is 0 Å². The topological polar surface area (TPSA) is 173 Å². The van der Waals surface area contributed by atoms with Crippen LogP contribution in [0.4, 0.5) is 0 Å². The predicted molar refractivity (Wildman–Crippen MR) is 185 cm³/mol. The Hall–Kier alpha value is -3.87. The molecule has 0 aromatic carbocycles. The zero-order valence-electron chi connectivity index (χ0n) is 30.7. The molecule has 0 radical (unpaired) electrons. The molecule has 1 fully saturated rings. The van der Waals surface area contributed by atoms with Crippen molar-refractivity contribution < 1.29 is 38.7 Å². The predicted octanol–water partition coefficient (Wildman–Crippen LogP) is 2.83. The lowest BCUT2D eigenvalue weighted by Crippen LogP contribution is -2.60. The molecule has 3 N–H and O–H groups in total. The average Bonchev–Trinajstić information content (AvgIpc) is 3.34. The maximum atomic E-state index is 14.0. The number of hydrogen-bond donors (Lipinski definition) is 3. The number of nitrogens with one attached hydrogen (secondary N) is 2. The molecule has 49 heavy (non-hydrogen) atoms. The van der Waals surface area contributed by atoms with E-state index in [9.17, 15) is 38.7 Å².